The molecular formula is C10H17N5O2S2. The van der Waals surface area contributed by atoms with Crippen molar-refractivity contribution in [2.24, 2.45) is 0 Å². The number of thioether (sulfide) groups is 1. The summed E-state index contributed by atoms with van der Waals surface area (Å²) in [5.74, 6) is 1.19. The van der Waals surface area contributed by atoms with E-state index in [2.05, 4.69) is 9.97 Å². The number of sulfonamides is 1. The highest BCUT2D eigenvalue weighted by molar-refractivity contribution is 7.98. The molecule has 0 unspecified atom stereocenters. The molecule has 1 saturated heterocycles. The van der Waals surface area contributed by atoms with Crippen molar-refractivity contribution in [3.8, 4) is 0 Å². The lowest BCUT2D eigenvalue weighted by Crippen LogP contribution is -2.48. The van der Waals surface area contributed by atoms with Crippen LogP contribution >= 0.6 is 11.8 Å². The van der Waals surface area contributed by atoms with Crippen molar-refractivity contribution >= 4 is 33.4 Å². The van der Waals surface area contributed by atoms with Gasteiger partial charge in [-0.2, -0.15) is 4.31 Å². The zero-order valence-corrected chi connectivity index (χ0v) is 12.5. The first-order chi connectivity index (χ1) is 8.90. The van der Waals surface area contributed by atoms with Crippen LogP contribution < -0.4 is 10.6 Å². The van der Waals surface area contributed by atoms with Crippen molar-refractivity contribution in [3.63, 3.8) is 0 Å². The van der Waals surface area contributed by atoms with E-state index in [-0.39, 0.29) is 0 Å². The zero-order valence-electron chi connectivity index (χ0n) is 10.9. The summed E-state index contributed by atoms with van der Waals surface area (Å²) in [6, 6.07) is 1.72. The predicted octanol–water partition coefficient (Wildman–Crippen LogP) is -0.138. The van der Waals surface area contributed by atoms with Crippen LogP contribution in [0.4, 0.5) is 11.6 Å². The molecule has 1 aromatic heterocycles. The number of aromatic nitrogens is 2. The number of piperazine rings is 1. The molecule has 106 valence electrons. The van der Waals surface area contributed by atoms with Gasteiger partial charge in [0, 0.05) is 32.2 Å². The van der Waals surface area contributed by atoms with E-state index in [4.69, 9.17) is 5.73 Å². The molecule has 0 bridgehead atoms. The first kappa shape index (κ1) is 14.4. The highest BCUT2D eigenvalue weighted by Gasteiger charge is 2.24. The molecule has 9 heteroatoms. The average molecular weight is 303 g/mol. The number of anilines is 2. The summed E-state index contributed by atoms with van der Waals surface area (Å²) in [7, 11) is -3.11. The fraction of sp³-hybridized carbons (Fsp3) is 0.600. The zero-order chi connectivity index (χ0) is 14.0. The summed E-state index contributed by atoms with van der Waals surface area (Å²) in [6.45, 7) is 2.16. The first-order valence-corrected chi connectivity index (χ1v) is 8.86. The van der Waals surface area contributed by atoms with Crippen molar-refractivity contribution in [2.75, 3.05) is 49.3 Å². The van der Waals surface area contributed by atoms with Gasteiger partial charge >= 0.3 is 0 Å². The largest absolute Gasteiger partial charge is 0.383 e. The third-order valence-corrected chi connectivity index (χ3v) is 4.78. The fourth-order valence-electron chi connectivity index (χ4n) is 1.93. The minimum atomic E-state index is -3.11. The molecule has 19 heavy (non-hydrogen) atoms. The Hall–Kier alpha value is -1.06. The Morgan fingerprint density at radius 2 is 1.89 bits per heavy atom. The van der Waals surface area contributed by atoms with Crippen LogP contribution in [0.2, 0.25) is 0 Å². The molecule has 1 aliphatic heterocycles. The van der Waals surface area contributed by atoms with E-state index in [1.165, 1.54) is 22.3 Å². The molecule has 0 amide bonds. The molecule has 1 fully saturated rings. The maximum atomic E-state index is 11.4. The van der Waals surface area contributed by atoms with Gasteiger partial charge in [0.1, 0.15) is 11.6 Å². The lowest BCUT2D eigenvalue weighted by Gasteiger charge is -2.34. The predicted molar refractivity (Wildman–Crippen MR) is 76.9 cm³/mol. The third-order valence-electron chi connectivity index (χ3n) is 2.93. The molecule has 2 heterocycles. The van der Waals surface area contributed by atoms with E-state index < -0.39 is 10.0 Å². The van der Waals surface area contributed by atoms with Crippen molar-refractivity contribution in [1.29, 1.82) is 0 Å². The van der Waals surface area contributed by atoms with Crippen LogP contribution in [-0.4, -0.2) is 61.4 Å². The maximum absolute atomic E-state index is 11.4. The summed E-state index contributed by atoms with van der Waals surface area (Å²) in [6.07, 6.45) is 3.12. The minimum absolute atomic E-state index is 0.430. The Morgan fingerprint density at radius 1 is 1.26 bits per heavy atom. The highest BCUT2D eigenvalue weighted by Crippen LogP contribution is 2.20. The Labute approximate surface area is 117 Å². The molecule has 2 N–H and O–H groups in total. The average Bonchev–Trinajstić information content (AvgIpc) is 2.37. The maximum Gasteiger partial charge on any atom is 0.211 e. The Morgan fingerprint density at radius 3 is 2.42 bits per heavy atom. The van der Waals surface area contributed by atoms with Gasteiger partial charge in [-0.15, -0.1) is 0 Å². The van der Waals surface area contributed by atoms with Crippen LogP contribution in [0, 0.1) is 0 Å². The number of nitrogens with zero attached hydrogens (tertiary/aromatic N) is 4. The molecule has 1 aromatic rings. The van der Waals surface area contributed by atoms with Crippen molar-refractivity contribution in [3.05, 3.63) is 6.07 Å². The minimum Gasteiger partial charge on any atom is -0.383 e. The third kappa shape index (κ3) is 3.48. The SMILES string of the molecule is CSc1nc(N)cc(N2CCN(S(C)(=O)=O)CC2)n1. The lowest BCUT2D eigenvalue weighted by molar-refractivity contribution is 0.386. The number of nitrogen functional groups attached to an aromatic ring is 1. The van der Waals surface area contributed by atoms with E-state index in [0.717, 1.165) is 5.82 Å². The normalized spacial score (nSPS) is 17.7. The van der Waals surface area contributed by atoms with Crippen LogP contribution in [0.25, 0.3) is 0 Å². The van der Waals surface area contributed by atoms with E-state index >= 15 is 0 Å². The standard InChI is InChI=1S/C10H17N5O2S2/c1-18-10-12-8(11)7-9(13-10)14-3-5-15(6-4-14)19(2,16)17/h7H,3-6H2,1-2H3,(H2,11,12,13). The molecule has 1 aliphatic rings. The van der Waals surface area contributed by atoms with Crippen LogP contribution in [0.1, 0.15) is 0 Å². The van der Waals surface area contributed by atoms with Gasteiger partial charge in [0.25, 0.3) is 0 Å². The monoisotopic (exact) mass is 303 g/mol. The van der Waals surface area contributed by atoms with Crippen LogP contribution in [0.5, 0.6) is 0 Å². The lowest BCUT2D eigenvalue weighted by atomic mass is 10.3. The second-order valence-electron chi connectivity index (χ2n) is 4.29. The van der Waals surface area contributed by atoms with Gasteiger partial charge in [0.15, 0.2) is 5.16 Å². The summed E-state index contributed by atoms with van der Waals surface area (Å²) in [5, 5.41) is 0.626. The van der Waals surface area contributed by atoms with Crippen molar-refractivity contribution in [1.82, 2.24) is 14.3 Å². The summed E-state index contributed by atoms with van der Waals surface area (Å²) in [4.78, 5) is 10.5. The highest BCUT2D eigenvalue weighted by atomic mass is 32.2. The van der Waals surface area contributed by atoms with Crippen LogP contribution in [0.15, 0.2) is 11.2 Å². The Kier molecular flexibility index (Phi) is 4.16. The molecule has 0 saturated carbocycles. The van der Waals surface area contributed by atoms with Crippen LogP contribution in [0.3, 0.4) is 0 Å². The quantitative estimate of drug-likeness (QED) is 0.614. The van der Waals surface area contributed by atoms with Gasteiger partial charge in [-0.05, 0) is 6.26 Å². The Balaban J connectivity index is 2.11. The van der Waals surface area contributed by atoms with E-state index in [1.54, 1.807) is 6.07 Å². The van der Waals surface area contributed by atoms with E-state index in [0.29, 0.717) is 37.2 Å². The number of nitrogens with two attached hydrogens (primary N) is 1. The fourth-order valence-corrected chi connectivity index (χ4v) is 3.14. The number of hydrogen-bond acceptors (Lipinski definition) is 7. The topological polar surface area (TPSA) is 92.4 Å². The van der Waals surface area contributed by atoms with E-state index in [9.17, 15) is 8.42 Å². The van der Waals surface area contributed by atoms with Crippen molar-refractivity contribution in [2.45, 2.75) is 5.16 Å². The first-order valence-electron chi connectivity index (χ1n) is 5.79. The van der Waals surface area contributed by atoms with Gasteiger partial charge in [-0.1, -0.05) is 11.8 Å². The summed E-state index contributed by atoms with van der Waals surface area (Å²) in [5.41, 5.74) is 5.74. The van der Waals surface area contributed by atoms with Gasteiger partial charge in [0.05, 0.1) is 6.26 Å². The smallest absolute Gasteiger partial charge is 0.211 e. The van der Waals surface area contributed by atoms with Crippen LogP contribution in [-0.2, 0) is 10.0 Å². The molecule has 0 spiro atoms. The summed E-state index contributed by atoms with van der Waals surface area (Å²) < 4.78 is 24.4. The van der Waals surface area contributed by atoms with E-state index in [1.807, 2.05) is 11.2 Å². The Bertz CT molecular complexity index is 555. The number of rotatable bonds is 3. The molecule has 0 radical (unpaired) electrons. The van der Waals surface area contributed by atoms with Gasteiger partial charge in [-0.3, -0.25) is 0 Å². The molecular weight excluding hydrogens is 286 g/mol. The molecule has 2 rings (SSSR count). The van der Waals surface area contributed by atoms with Crippen molar-refractivity contribution < 1.29 is 8.42 Å². The van der Waals surface area contributed by atoms with Gasteiger partial charge in [-0.25, -0.2) is 18.4 Å². The second kappa shape index (κ2) is 5.51. The molecule has 0 atom stereocenters. The molecule has 0 aromatic carbocycles. The summed E-state index contributed by atoms with van der Waals surface area (Å²) >= 11 is 1.43. The molecule has 0 aliphatic carbocycles. The molecule has 7 nitrogen and oxygen atoms in total. The second-order valence-corrected chi connectivity index (χ2v) is 7.04. The van der Waals surface area contributed by atoms with Gasteiger partial charge < -0.3 is 10.6 Å². The number of hydrogen-bond donors (Lipinski definition) is 1. The van der Waals surface area contributed by atoms with Gasteiger partial charge in [0.2, 0.25) is 10.0 Å².